The number of fused-ring (bicyclic) bond motifs is 1. The molecule has 0 fully saturated rings. The van der Waals surface area contributed by atoms with Gasteiger partial charge in [-0.2, -0.15) is 0 Å². The SMILES string of the molecule is Nc1cccc(CNc2ncc3ccccc3n2)c1. The number of hydrogen-bond donors (Lipinski definition) is 2. The van der Waals surface area contributed by atoms with E-state index in [4.69, 9.17) is 5.73 Å². The van der Waals surface area contributed by atoms with Gasteiger partial charge in [0, 0.05) is 23.8 Å². The minimum atomic E-state index is 0.626. The monoisotopic (exact) mass is 250 g/mol. The number of nitrogen functional groups attached to an aromatic ring is 1. The Hall–Kier alpha value is -2.62. The van der Waals surface area contributed by atoms with Crippen LogP contribution in [-0.2, 0) is 6.54 Å². The molecule has 1 heterocycles. The number of anilines is 2. The van der Waals surface area contributed by atoms with Crippen LogP contribution in [0.1, 0.15) is 5.56 Å². The standard InChI is InChI=1S/C15H14N4/c16-13-6-3-4-11(8-13)9-17-15-18-10-12-5-1-2-7-14(12)19-15/h1-8,10H,9,16H2,(H,17,18,19). The Labute approximate surface area is 111 Å². The molecule has 0 aliphatic rings. The second-order valence-electron chi connectivity index (χ2n) is 4.35. The van der Waals surface area contributed by atoms with Crippen LogP contribution in [-0.4, -0.2) is 9.97 Å². The quantitative estimate of drug-likeness (QED) is 0.702. The van der Waals surface area contributed by atoms with Gasteiger partial charge in [-0.25, -0.2) is 9.97 Å². The van der Waals surface area contributed by atoms with Crippen LogP contribution in [0.3, 0.4) is 0 Å². The lowest BCUT2D eigenvalue weighted by Gasteiger charge is -2.06. The lowest BCUT2D eigenvalue weighted by molar-refractivity contribution is 1.07. The van der Waals surface area contributed by atoms with Crippen molar-refractivity contribution in [1.82, 2.24) is 9.97 Å². The van der Waals surface area contributed by atoms with Crippen molar-refractivity contribution in [3.05, 3.63) is 60.3 Å². The van der Waals surface area contributed by atoms with Crippen molar-refractivity contribution < 1.29 is 0 Å². The molecule has 3 rings (SSSR count). The van der Waals surface area contributed by atoms with Gasteiger partial charge in [0.1, 0.15) is 0 Å². The first-order chi connectivity index (χ1) is 9.31. The van der Waals surface area contributed by atoms with Crippen molar-refractivity contribution in [1.29, 1.82) is 0 Å². The highest BCUT2D eigenvalue weighted by atomic mass is 15.1. The summed E-state index contributed by atoms with van der Waals surface area (Å²) < 4.78 is 0. The summed E-state index contributed by atoms with van der Waals surface area (Å²) in [6.07, 6.45) is 1.82. The Kier molecular flexibility index (Phi) is 2.98. The van der Waals surface area contributed by atoms with E-state index in [1.807, 2.05) is 54.7 Å². The summed E-state index contributed by atoms with van der Waals surface area (Å²) >= 11 is 0. The number of benzene rings is 2. The van der Waals surface area contributed by atoms with Crippen molar-refractivity contribution >= 4 is 22.5 Å². The number of nitrogens with zero attached hydrogens (tertiary/aromatic N) is 2. The van der Waals surface area contributed by atoms with E-state index < -0.39 is 0 Å². The van der Waals surface area contributed by atoms with E-state index in [0.29, 0.717) is 12.5 Å². The largest absolute Gasteiger partial charge is 0.399 e. The summed E-state index contributed by atoms with van der Waals surface area (Å²) in [6, 6.07) is 15.7. The van der Waals surface area contributed by atoms with Crippen LogP contribution in [0.2, 0.25) is 0 Å². The highest BCUT2D eigenvalue weighted by molar-refractivity contribution is 5.78. The normalized spacial score (nSPS) is 10.5. The number of rotatable bonds is 3. The van der Waals surface area contributed by atoms with Crippen molar-refractivity contribution in [3.8, 4) is 0 Å². The zero-order valence-corrected chi connectivity index (χ0v) is 10.4. The molecule has 0 aliphatic carbocycles. The molecule has 0 unspecified atom stereocenters. The summed E-state index contributed by atoms with van der Waals surface area (Å²) in [7, 11) is 0. The van der Waals surface area contributed by atoms with Gasteiger partial charge < -0.3 is 11.1 Å². The Morgan fingerprint density at radius 3 is 2.84 bits per heavy atom. The molecule has 0 amide bonds. The molecule has 0 spiro atoms. The second kappa shape index (κ2) is 4.94. The molecule has 94 valence electrons. The van der Waals surface area contributed by atoms with Crippen molar-refractivity contribution in [2.75, 3.05) is 11.1 Å². The molecule has 0 atom stereocenters. The summed E-state index contributed by atoms with van der Waals surface area (Å²) in [5.41, 5.74) is 8.55. The van der Waals surface area contributed by atoms with E-state index >= 15 is 0 Å². The number of para-hydroxylation sites is 1. The van der Waals surface area contributed by atoms with Crippen LogP contribution in [0, 0.1) is 0 Å². The zero-order valence-electron chi connectivity index (χ0n) is 10.4. The average Bonchev–Trinajstić information content (AvgIpc) is 2.45. The van der Waals surface area contributed by atoms with E-state index in [9.17, 15) is 0 Å². The van der Waals surface area contributed by atoms with Gasteiger partial charge in [-0.05, 0) is 23.8 Å². The van der Waals surface area contributed by atoms with Crippen LogP contribution in [0.5, 0.6) is 0 Å². The van der Waals surface area contributed by atoms with E-state index in [1.54, 1.807) is 0 Å². The molecule has 0 aliphatic heterocycles. The number of aromatic nitrogens is 2. The maximum absolute atomic E-state index is 5.74. The highest BCUT2D eigenvalue weighted by Gasteiger charge is 1.99. The van der Waals surface area contributed by atoms with Gasteiger partial charge in [0.15, 0.2) is 0 Å². The Bertz CT molecular complexity index is 709. The first-order valence-corrected chi connectivity index (χ1v) is 6.11. The van der Waals surface area contributed by atoms with Crippen molar-refractivity contribution in [3.63, 3.8) is 0 Å². The minimum absolute atomic E-state index is 0.626. The van der Waals surface area contributed by atoms with E-state index in [1.165, 1.54) is 0 Å². The fraction of sp³-hybridized carbons (Fsp3) is 0.0667. The van der Waals surface area contributed by atoms with Gasteiger partial charge in [-0.15, -0.1) is 0 Å². The van der Waals surface area contributed by atoms with Gasteiger partial charge in [0.05, 0.1) is 5.52 Å². The number of hydrogen-bond acceptors (Lipinski definition) is 4. The smallest absolute Gasteiger partial charge is 0.223 e. The lowest BCUT2D eigenvalue weighted by atomic mass is 10.2. The number of nitrogens with two attached hydrogens (primary N) is 1. The fourth-order valence-electron chi connectivity index (χ4n) is 1.94. The first kappa shape index (κ1) is 11.5. The van der Waals surface area contributed by atoms with Crippen LogP contribution < -0.4 is 11.1 Å². The Morgan fingerprint density at radius 1 is 1.05 bits per heavy atom. The van der Waals surface area contributed by atoms with E-state index in [0.717, 1.165) is 22.2 Å². The predicted octanol–water partition coefficient (Wildman–Crippen LogP) is 2.82. The predicted molar refractivity (Wildman–Crippen MR) is 77.7 cm³/mol. The molecule has 0 saturated carbocycles. The minimum Gasteiger partial charge on any atom is -0.399 e. The summed E-state index contributed by atoms with van der Waals surface area (Å²) in [4.78, 5) is 8.75. The van der Waals surface area contributed by atoms with E-state index in [2.05, 4.69) is 15.3 Å². The fourth-order valence-corrected chi connectivity index (χ4v) is 1.94. The molecule has 4 heteroatoms. The summed E-state index contributed by atoms with van der Waals surface area (Å²) in [5, 5.41) is 4.24. The van der Waals surface area contributed by atoms with Gasteiger partial charge in [-0.1, -0.05) is 30.3 Å². The highest BCUT2D eigenvalue weighted by Crippen LogP contribution is 2.13. The molecule has 2 aromatic carbocycles. The molecule has 0 saturated heterocycles. The molecule has 4 nitrogen and oxygen atoms in total. The van der Waals surface area contributed by atoms with Crippen LogP contribution in [0.15, 0.2) is 54.7 Å². The van der Waals surface area contributed by atoms with Gasteiger partial charge in [-0.3, -0.25) is 0 Å². The first-order valence-electron chi connectivity index (χ1n) is 6.11. The molecule has 3 N–H and O–H groups in total. The molecule has 3 aromatic rings. The van der Waals surface area contributed by atoms with Crippen LogP contribution >= 0.6 is 0 Å². The summed E-state index contributed by atoms with van der Waals surface area (Å²) in [5.74, 6) is 0.626. The maximum atomic E-state index is 5.74. The molecular weight excluding hydrogens is 236 g/mol. The Morgan fingerprint density at radius 2 is 1.95 bits per heavy atom. The lowest BCUT2D eigenvalue weighted by Crippen LogP contribution is -2.03. The molecule has 19 heavy (non-hydrogen) atoms. The average molecular weight is 250 g/mol. The molecule has 0 radical (unpaired) electrons. The molecular formula is C15H14N4. The molecule has 1 aromatic heterocycles. The topological polar surface area (TPSA) is 63.8 Å². The van der Waals surface area contributed by atoms with Crippen molar-refractivity contribution in [2.45, 2.75) is 6.54 Å². The van der Waals surface area contributed by atoms with Crippen LogP contribution in [0.4, 0.5) is 11.6 Å². The van der Waals surface area contributed by atoms with Gasteiger partial charge in [0.25, 0.3) is 0 Å². The van der Waals surface area contributed by atoms with E-state index in [-0.39, 0.29) is 0 Å². The van der Waals surface area contributed by atoms with Crippen LogP contribution in [0.25, 0.3) is 10.9 Å². The zero-order chi connectivity index (χ0) is 13.1. The number of nitrogens with one attached hydrogen (secondary N) is 1. The maximum Gasteiger partial charge on any atom is 0.223 e. The third-order valence-electron chi connectivity index (χ3n) is 2.89. The third kappa shape index (κ3) is 2.63. The Balaban J connectivity index is 1.78. The van der Waals surface area contributed by atoms with Gasteiger partial charge >= 0.3 is 0 Å². The summed E-state index contributed by atoms with van der Waals surface area (Å²) in [6.45, 7) is 0.656. The third-order valence-corrected chi connectivity index (χ3v) is 2.89. The second-order valence-corrected chi connectivity index (χ2v) is 4.35. The van der Waals surface area contributed by atoms with Gasteiger partial charge in [0.2, 0.25) is 5.95 Å². The molecule has 0 bridgehead atoms. The van der Waals surface area contributed by atoms with Crippen molar-refractivity contribution in [2.24, 2.45) is 0 Å².